The van der Waals surface area contributed by atoms with Crippen molar-refractivity contribution >= 4 is 33.2 Å². The summed E-state index contributed by atoms with van der Waals surface area (Å²) in [6.07, 6.45) is 0.973. The number of fused-ring (bicyclic) bond motifs is 2. The SMILES string of the molecule is Cc1cc2c(cc1S(=O)(=O)N1CCCC1C(=O)Nc1ccc3c(c1)OCCO3)OCC(=O)N2. The van der Waals surface area contributed by atoms with Crippen LogP contribution in [-0.4, -0.2) is 56.9 Å². The van der Waals surface area contributed by atoms with Crippen LogP contribution in [0.3, 0.4) is 0 Å². The Morgan fingerprint density at radius 3 is 2.70 bits per heavy atom. The maximum atomic E-state index is 13.5. The number of hydrogen-bond acceptors (Lipinski definition) is 7. The van der Waals surface area contributed by atoms with E-state index >= 15 is 0 Å². The van der Waals surface area contributed by atoms with Crippen LogP contribution in [0.4, 0.5) is 11.4 Å². The van der Waals surface area contributed by atoms with E-state index in [4.69, 9.17) is 14.2 Å². The number of carbonyl (C=O) groups excluding carboxylic acids is 2. The highest BCUT2D eigenvalue weighted by Gasteiger charge is 2.40. The molecule has 2 N–H and O–H groups in total. The van der Waals surface area contributed by atoms with Gasteiger partial charge in [-0.2, -0.15) is 4.31 Å². The molecule has 1 unspecified atom stereocenters. The van der Waals surface area contributed by atoms with Gasteiger partial charge in [0, 0.05) is 24.4 Å². The van der Waals surface area contributed by atoms with E-state index in [0.29, 0.717) is 54.5 Å². The van der Waals surface area contributed by atoms with Crippen LogP contribution in [0.5, 0.6) is 17.2 Å². The second-order valence-electron chi connectivity index (χ2n) is 8.07. The van der Waals surface area contributed by atoms with E-state index < -0.39 is 22.0 Å². The number of sulfonamides is 1. The lowest BCUT2D eigenvalue weighted by atomic mass is 10.2. The second-order valence-corrected chi connectivity index (χ2v) is 9.93. The Morgan fingerprint density at radius 1 is 1.09 bits per heavy atom. The Morgan fingerprint density at radius 2 is 1.88 bits per heavy atom. The summed E-state index contributed by atoms with van der Waals surface area (Å²) in [6.45, 7) is 2.59. The molecule has 0 aromatic heterocycles. The van der Waals surface area contributed by atoms with Crippen LogP contribution in [0, 0.1) is 6.92 Å². The molecule has 1 fully saturated rings. The third kappa shape index (κ3) is 3.98. The van der Waals surface area contributed by atoms with Crippen LogP contribution in [0.1, 0.15) is 18.4 Å². The lowest BCUT2D eigenvalue weighted by Gasteiger charge is -2.26. The van der Waals surface area contributed by atoms with Crippen molar-refractivity contribution in [3.8, 4) is 17.2 Å². The van der Waals surface area contributed by atoms with Crippen LogP contribution >= 0.6 is 0 Å². The highest BCUT2D eigenvalue weighted by molar-refractivity contribution is 7.89. The molecule has 1 atom stereocenters. The maximum Gasteiger partial charge on any atom is 0.262 e. The van der Waals surface area contributed by atoms with Gasteiger partial charge in [0.1, 0.15) is 25.0 Å². The molecule has 174 valence electrons. The fourth-order valence-electron chi connectivity index (χ4n) is 4.26. The Labute approximate surface area is 190 Å². The molecule has 3 heterocycles. The molecule has 1 saturated heterocycles. The van der Waals surface area contributed by atoms with Gasteiger partial charge in [-0.05, 0) is 43.5 Å². The molecule has 2 amide bonds. The number of hydrogen-bond donors (Lipinski definition) is 2. The Balaban J connectivity index is 1.39. The summed E-state index contributed by atoms with van der Waals surface area (Å²) in [5, 5.41) is 5.47. The second kappa shape index (κ2) is 8.23. The van der Waals surface area contributed by atoms with E-state index in [1.165, 1.54) is 10.4 Å². The fourth-order valence-corrected chi connectivity index (χ4v) is 6.14. The molecule has 3 aliphatic heterocycles. The molecular weight excluding hydrogens is 450 g/mol. The van der Waals surface area contributed by atoms with Crippen molar-refractivity contribution in [2.45, 2.75) is 30.7 Å². The third-order valence-electron chi connectivity index (χ3n) is 5.81. The number of rotatable bonds is 4. The first-order valence-electron chi connectivity index (χ1n) is 10.6. The largest absolute Gasteiger partial charge is 0.486 e. The predicted molar refractivity (Wildman–Crippen MR) is 118 cm³/mol. The van der Waals surface area contributed by atoms with Gasteiger partial charge in [-0.15, -0.1) is 0 Å². The first kappa shape index (κ1) is 21.5. The van der Waals surface area contributed by atoms with Crippen molar-refractivity contribution in [2.24, 2.45) is 0 Å². The topological polar surface area (TPSA) is 123 Å². The van der Waals surface area contributed by atoms with E-state index in [0.717, 1.165) is 0 Å². The van der Waals surface area contributed by atoms with Gasteiger partial charge in [0.15, 0.2) is 18.1 Å². The molecule has 0 radical (unpaired) electrons. The first-order valence-corrected chi connectivity index (χ1v) is 12.1. The molecule has 2 aromatic rings. The number of benzene rings is 2. The Bertz CT molecular complexity index is 1240. The van der Waals surface area contributed by atoms with E-state index in [9.17, 15) is 18.0 Å². The number of nitrogens with one attached hydrogen (secondary N) is 2. The zero-order valence-corrected chi connectivity index (χ0v) is 18.7. The average molecular weight is 474 g/mol. The minimum Gasteiger partial charge on any atom is -0.486 e. The van der Waals surface area contributed by atoms with Crippen molar-refractivity contribution in [3.63, 3.8) is 0 Å². The van der Waals surface area contributed by atoms with Gasteiger partial charge in [-0.3, -0.25) is 9.59 Å². The van der Waals surface area contributed by atoms with Crippen molar-refractivity contribution in [3.05, 3.63) is 35.9 Å². The quantitative estimate of drug-likeness (QED) is 0.695. The number of carbonyl (C=O) groups is 2. The molecule has 0 bridgehead atoms. The summed E-state index contributed by atoms with van der Waals surface area (Å²) in [6, 6.07) is 7.20. The van der Waals surface area contributed by atoms with Crippen molar-refractivity contribution in [1.82, 2.24) is 4.31 Å². The van der Waals surface area contributed by atoms with Gasteiger partial charge in [0.2, 0.25) is 15.9 Å². The number of anilines is 2. The molecule has 11 heteroatoms. The average Bonchev–Trinajstić information content (AvgIpc) is 3.29. The van der Waals surface area contributed by atoms with E-state index in [2.05, 4.69) is 10.6 Å². The molecule has 0 aliphatic carbocycles. The van der Waals surface area contributed by atoms with Gasteiger partial charge in [-0.1, -0.05) is 0 Å². The van der Waals surface area contributed by atoms with E-state index in [1.807, 2.05) is 0 Å². The third-order valence-corrected chi connectivity index (χ3v) is 7.86. The maximum absolute atomic E-state index is 13.5. The molecule has 5 rings (SSSR count). The molecule has 3 aliphatic rings. The molecule has 0 saturated carbocycles. The molecule has 0 spiro atoms. The number of ether oxygens (including phenoxy) is 3. The summed E-state index contributed by atoms with van der Waals surface area (Å²) in [5.41, 5.74) is 1.39. The van der Waals surface area contributed by atoms with Crippen LogP contribution in [0.15, 0.2) is 35.2 Å². The number of aryl methyl sites for hydroxylation is 1. The molecular formula is C22H23N3O7S. The first-order chi connectivity index (χ1) is 15.8. The minimum atomic E-state index is -3.98. The summed E-state index contributed by atoms with van der Waals surface area (Å²) in [5.74, 6) is 0.715. The van der Waals surface area contributed by atoms with E-state index in [1.54, 1.807) is 31.2 Å². The molecule has 10 nitrogen and oxygen atoms in total. The zero-order valence-electron chi connectivity index (χ0n) is 17.9. The van der Waals surface area contributed by atoms with Gasteiger partial charge < -0.3 is 24.8 Å². The summed E-state index contributed by atoms with van der Waals surface area (Å²) < 4.78 is 44.7. The summed E-state index contributed by atoms with van der Waals surface area (Å²) in [7, 11) is -3.98. The van der Waals surface area contributed by atoms with Gasteiger partial charge in [0.25, 0.3) is 5.91 Å². The van der Waals surface area contributed by atoms with Gasteiger partial charge >= 0.3 is 0 Å². The normalized spacial score (nSPS) is 19.9. The summed E-state index contributed by atoms with van der Waals surface area (Å²) in [4.78, 5) is 24.7. The minimum absolute atomic E-state index is 0.0522. The highest BCUT2D eigenvalue weighted by atomic mass is 32.2. The van der Waals surface area contributed by atoms with Crippen LogP contribution < -0.4 is 24.8 Å². The van der Waals surface area contributed by atoms with Crippen LogP contribution in [-0.2, 0) is 19.6 Å². The predicted octanol–water partition coefficient (Wildman–Crippen LogP) is 1.89. The van der Waals surface area contributed by atoms with Crippen LogP contribution in [0.2, 0.25) is 0 Å². The lowest BCUT2D eigenvalue weighted by Crippen LogP contribution is -2.43. The van der Waals surface area contributed by atoms with Gasteiger partial charge in [0.05, 0.1) is 10.6 Å². The molecule has 33 heavy (non-hydrogen) atoms. The summed E-state index contributed by atoms with van der Waals surface area (Å²) >= 11 is 0. The standard InChI is InChI=1S/C22H23N3O7S/c1-13-9-15-18(32-12-21(26)24-15)11-20(13)33(28,29)25-6-2-3-16(25)22(27)23-14-4-5-17-19(10-14)31-8-7-30-17/h4-5,9-11,16H,2-3,6-8,12H2,1H3,(H,23,27)(H,24,26). The fraction of sp³-hybridized carbons (Fsp3) is 0.364. The van der Waals surface area contributed by atoms with Crippen molar-refractivity contribution in [1.29, 1.82) is 0 Å². The number of amides is 2. The van der Waals surface area contributed by atoms with Gasteiger partial charge in [-0.25, -0.2) is 8.42 Å². The highest BCUT2D eigenvalue weighted by Crippen LogP contribution is 2.37. The number of nitrogens with zero attached hydrogens (tertiary/aromatic N) is 1. The van der Waals surface area contributed by atoms with E-state index in [-0.39, 0.29) is 29.7 Å². The molecule has 2 aromatic carbocycles. The smallest absolute Gasteiger partial charge is 0.262 e. The monoisotopic (exact) mass is 473 g/mol. The lowest BCUT2D eigenvalue weighted by molar-refractivity contribution is -0.119. The zero-order chi connectivity index (χ0) is 23.2. The van der Waals surface area contributed by atoms with Crippen molar-refractivity contribution < 1.29 is 32.2 Å². The Hall–Kier alpha value is -3.31. The van der Waals surface area contributed by atoms with Crippen molar-refractivity contribution in [2.75, 3.05) is 37.0 Å². The Kier molecular flexibility index (Phi) is 5.37. The van der Waals surface area contributed by atoms with Crippen LogP contribution in [0.25, 0.3) is 0 Å².